The van der Waals surface area contributed by atoms with Gasteiger partial charge in [-0.15, -0.1) is 0 Å². The summed E-state index contributed by atoms with van der Waals surface area (Å²) in [6.45, 7) is 4.44. The molecule has 0 unspecified atom stereocenters. The van der Waals surface area contributed by atoms with Crippen LogP contribution in [0.25, 0.3) is 11.4 Å². The third-order valence-corrected chi connectivity index (χ3v) is 8.04. The molecule has 1 aliphatic carbocycles. The highest BCUT2D eigenvalue weighted by atomic mass is 32.2. The molecule has 2 aromatic rings. The number of rotatable bonds is 4. The standard InChI is InChI=1S/C19H23N5O3S/c1-13-14(2)24(28(26,27)17-5-6-17)9-8-23(13)19(25)16-11-21-18(22-12-16)15-4-3-7-20-10-15/h3-4,7,10-14,17H,5-6,8-9H2,1-2H3/t13-,14+/m0/s1. The van der Waals surface area contributed by atoms with Crippen molar-refractivity contribution >= 4 is 15.9 Å². The number of pyridine rings is 1. The zero-order valence-electron chi connectivity index (χ0n) is 15.9. The largest absolute Gasteiger partial charge is 0.333 e. The number of hydrogen-bond donors (Lipinski definition) is 0. The zero-order chi connectivity index (χ0) is 19.9. The highest BCUT2D eigenvalue weighted by Crippen LogP contribution is 2.34. The second-order valence-electron chi connectivity index (χ2n) is 7.37. The molecule has 8 nitrogen and oxygen atoms in total. The van der Waals surface area contributed by atoms with Gasteiger partial charge in [0.2, 0.25) is 10.0 Å². The molecule has 0 aromatic carbocycles. The highest BCUT2D eigenvalue weighted by Gasteiger charge is 2.46. The van der Waals surface area contributed by atoms with Gasteiger partial charge in [-0.1, -0.05) is 0 Å². The smallest absolute Gasteiger partial charge is 0.257 e. The number of sulfonamides is 1. The molecule has 3 heterocycles. The van der Waals surface area contributed by atoms with Crippen LogP contribution in [0.1, 0.15) is 37.0 Å². The second kappa shape index (κ2) is 7.21. The Morgan fingerprint density at radius 3 is 2.39 bits per heavy atom. The van der Waals surface area contributed by atoms with Gasteiger partial charge in [-0.3, -0.25) is 9.78 Å². The number of hydrogen-bond acceptors (Lipinski definition) is 6. The molecule has 0 N–H and O–H groups in total. The van der Waals surface area contributed by atoms with Crippen LogP contribution in [0.4, 0.5) is 0 Å². The first kappa shape index (κ1) is 18.9. The van der Waals surface area contributed by atoms with E-state index in [1.54, 1.807) is 27.7 Å². The number of aromatic nitrogens is 3. The summed E-state index contributed by atoms with van der Waals surface area (Å²) in [5.74, 6) is 0.326. The van der Waals surface area contributed by atoms with Crippen molar-refractivity contribution in [2.75, 3.05) is 13.1 Å². The van der Waals surface area contributed by atoms with Crippen molar-refractivity contribution < 1.29 is 13.2 Å². The van der Waals surface area contributed by atoms with E-state index in [1.165, 1.54) is 12.4 Å². The Morgan fingerprint density at radius 2 is 1.79 bits per heavy atom. The van der Waals surface area contributed by atoms with Crippen molar-refractivity contribution in [3.8, 4) is 11.4 Å². The third kappa shape index (κ3) is 3.40. The van der Waals surface area contributed by atoms with Gasteiger partial charge in [-0.25, -0.2) is 18.4 Å². The lowest BCUT2D eigenvalue weighted by atomic mass is 10.1. The molecule has 9 heteroatoms. The quantitative estimate of drug-likeness (QED) is 0.771. The predicted octanol–water partition coefficient (Wildman–Crippen LogP) is 1.57. The summed E-state index contributed by atoms with van der Waals surface area (Å²) in [7, 11) is -3.26. The van der Waals surface area contributed by atoms with E-state index >= 15 is 0 Å². The minimum absolute atomic E-state index is 0.180. The molecule has 2 aromatic heterocycles. The minimum atomic E-state index is -3.26. The highest BCUT2D eigenvalue weighted by molar-refractivity contribution is 7.90. The molecule has 2 aliphatic rings. The average Bonchev–Trinajstić information content (AvgIpc) is 3.56. The summed E-state index contributed by atoms with van der Waals surface area (Å²) in [5, 5.41) is -0.238. The molecule has 1 saturated heterocycles. The summed E-state index contributed by atoms with van der Waals surface area (Å²) < 4.78 is 26.8. The van der Waals surface area contributed by atoms with E-state index in [0.29, 0.717) is 24.5 Å². The normalized spacial score (nSPS) is 23.6. The Labute approximate surface area is 164 Å². The van der Waals surface area contributed by atoms with Gasteiger partial charge in [0.15, 0.2) is 5.82 Å². The Kier molecular flexibility index (Phi) is 4.88. The van der Waals surface area contributed by atoms with E-state index in [0.717, 1.165) is 18.4 Å². The molecule has 4 rings (SSSR count). The van der Waals surface area contributed by atoms with Crippen molar-refractivity contribution in [2.45, 2.75) is 44.0 Å². The van der Waals surface area contributed by atoms with Crippen LogP contribution >= 0.6 is 0 Å². The molecule has 1 aliphatic heterocycles. The fourth-order valence-electron chi connectivity index (χ4n) is 3.57. The molecular formula is C19H23N5O3S. The van der Waals surface area contributed by atoms with Gasteiger partial charge >= 0.3 is 0 Å². The first-order valence-electron chi connectivity index (χ1n) is 9.43. The number of carbonyl (C=O) groups excluding carboxylic acids is 1. The molecular weight excluding hydrogens is 378 g/mol. The predicted molar refractivity (Wildman–Crippen MR) is 104 cm³/mol. The summed E-state index contributed by atoms with van der Waals surface area (Å²) >= 11 is 0. The van der Waals surface area contributed by atoms with Crippen LogP contribution in [-0.4, -0.2) is 68.9 Å². The van der Waals surface area contributed by atoms with Crippen LogP contribution < -0.4 is 0 Å². The first-order valence-corrected chi connectivity index (χ1v) is 10.9. The Balaban J connectivity index is 1.49. The lowest BCUT2D eigenvalue weighted by molar-refractivity contribution is 0.0481. The second-order valence-corrected chi connectivity index (χ2v) is 9.54. The Morgan fingerprint density at radius 1 is 1.07 bits per heavy atom. The van der Waals surface area contributed by atoms with Gasteiger partial charge in [0.05, 0.1) is 10.8 Å². The summed E-state index contributed by atoms with van der Waals surface area (Å²) in [6.07, 6.45) is 7.85. The van der Waals surface area contributed by atoms with Crippen molar-refractivity contribution in [2.24, 2.45) is 0 Å². The molecule has 1 amide bonds. The van der Waals surface area contributed by atoms with E-state index in [-0.39, 0.29) is 23.2 Å². The van der Waals surface area contributed by atoms with Crippen molar-refractivity contribution in [3.63, 3.8) is 0 Å². The fraction of sp³-hybridized carbons (Fsp3) is 0.474. The molecule has 0 bridgehead atoms. The zero-order valence-corrected chi connectivity index (χ0v) is 16.7. The molecule has 2 atom stereocenters. The lowest BCUT2D eigenvalue weighted by Gasteiger charge is -2.44. The van der Waals surface area contributed by atoms with Crippen LogP contribution in [0.3, 0.4) is 0 Å². The molecule has 0 spiro atoms. The van der Waals surface area contributed by atoms with Crippen LogP contribution in [0.15, 0.2) is 36.9 Å². The van der Waals surface area contributed by atoms with Gasteiger partial charge in [0.1, 0.15) is 0 Å². The van der Waals surface area contributed by atoms with Crippen LogP contribution in [0, 0.1) is 0 Å². The lowest BCUT2D eigenvalue weighted by Crippen LogP contribution is -2.60. The number of piperazine rings is 1. The SMILES string of the molecule is C[C@@H]1[C@H](C)N(C(=O)c2cnc(-c3cccnc3)nc2)CCN1S(=O)(=O)C1CC1. The van der Waals surface area contributed by atoms with Gasteiger partial charge in [0.25, 0.3) is 5.91 Å². The number of amides is 1. The van der Waals surface area contributed by atoms with E-state index in [9.17, 15) is 13.2 Å². The summed E-state index contributed by atoms with van der Waals surface area (Å²) in [4.78, 5) is 27.3. The van der Waals surface area contributed by atoms with Crippen molar-refractivity contribution in [1.82, 2.24) is 24.2 Å². The fourth-order valence-corrected chi connectivity index (χ4v) is 5.66. The van der Waals surface area contributed by atoms with Crippen molar-refractivity contribution in [1.29, 1.82) is 0 Å². The van der Waals surface area contributed by atoms with Gasteiger partial charge in [-0.2, -0.15) is 4.31 Å². The van der Waals surface area contributed by atoms with E-state index in [2.05, 4.69) is 15.0 Å². The van der Waals surface area contributed by atoms with Gasteiger partial charge < -0.3 is 4.90 Å². The minimum Gasteiger partial charge on any atom is -0.333 e. The molecule has 1 saturated carbocycles. The topological polar surface area (TPSA) is 96.4 Å². The number of nitrogens with zero attached hydrogens (tertiary/aromatic N) is 5. The first-order chi connectivity index (χ1) is 13.4. The maximum Gasteiger partial charge on any atom is 0.257 e. The molecule has 0 radical (unpaired) electrons. The Bertz CT molecular complexity index is 961. The van der Waals surface area contributed by atoms with E-state index in [1.807, 2.05) is 19.9 Å². The molecule has 28 heavy (non-hydrogen) atoms. The van der Waals surface area contributed by atoms with Crippen LogP contribution in [-0.2, 0) is 10.0 Å². The van der Waals surface area contributed by atoms with Gasteiger partial charge in [0, 0.05) is 55.5 Å². The average molecular weight is 401 g/mol. The van der Waals surface area contributed by atoms with E-state index in [4.69, 9.17) is 0 Å². The van der Waals surface area contributed by atoms with Crippen LogP contribution in [0.2, 0.25) is 0 Å². The van der Waals surface area contributed by atoms with Crippen molar-refractivity contribution in [3.05, 3.63) is 42.5 Å². The Hall–Kier alpha value is -2.39. The molecule has 2 fully saturated rings. The maximum atomic E-state index is 13.0. The van der Waals surface area contributed by atoms with Crippen LogP contribution in [0.5, 0.6) is 0 Å². The van der Waals surface area contributed by atoms with Gasteiger partial charge in [-0.05, 0) is 38.8 Å². The summed E-state index contributed by atoms with van der Waals surface area (Å²) in [6, 6.07) is 3.16. The molecule has 148 valence electrons. The number of carbonyl (C=O) groups is 1. The van der Waals surface area contributed by atoms with E-state index < -0.39 is 10.0 Å². The monoisotopic (exact) mass is 401 g/mol. The maximum absolute atomic E-state index is 13.0. The third-order valence-electron chi connectivity index (χ3n) is 5.56. The summed E-state index contributed by atoms with van der Waals surface area (Å²) in [5.41, 5.74) is 1.17.